The van der Waals surface area contributed by atoms with Crippen LogP contribution in [0.1, 0.15) is 16.1 Å². The molecule has 2 heterocycles. The SMILES string of the molecule is Cc1ccnc(C#Cc2cccs2)c1. The second-order valence-electron chi connectivity index (χ2n) is 2.95. The summed E-state index contributed by atoms with van der Waals surface area (Å²) in [5, 5.41) is 2.02. The Balaban J connectivity index is 2.26. The van der Waals surface area contributed by atoms with Gasteiger partial charge in [0.1, 0.15) is 5.69 Å². The van der Waals surface area contributed by atoms with Crippen molar-refractivity contribution in [3.8, 4) is 11.8 Å². The summed E-state index contributed by atoms with van der Waals surface area (Å²) in [4.78, 5) is 5.25. The molecule has 0 saturated heterocycles. The van der Waals surface area contributed by atoms with Crippen LogP contribution in [-0.2, 0) is 0 Å². The van der Waals surface area contributed by atoms with Crippen LogP contribution < -0.4 is 0 Å². The third-order valence-corrected chi connectivity index (χ3v) is 2.54. The van der Waals surface area contributed by atoms with E-state index in [4.69, 9.17) is 0 Å². The van der Waals surface area contributed by atoms with E-state index in [1.807, 2.05) is 36.6 Å². The maximum absolute atomic E-state index is 4.17. The topological polar surface area (TPSA) is 12.9 Å². The summed E-state index contributed by atoms with van der Waals surface area (Å²) < 4.78 is 0. The van der Waals surface area contributed by atoms with E-state index < -0.39 is 0 Å². The fourth-order valence-corrected chi connectivity index (χ4v) is 1.65. The predicted molar refractivity (Wildman–Crippen MR) is 59.3 cm³/mol. The molecular formula is C12H9NS. The smallest absolute Gasteiger partial charge is 0.113 e. The maximum Gasteiger partial charge on any atom is 0.113 e. The number of hydrogen-bond acceptors (Lipinski definition) is 2. The summed E-state index contributed by atoms with van der Waals surface area (Å²) in [5.41, 5.74) is 2.02. The third-order valence-electron chi connectivity index (χ3n) is 1.75. The molecule has 2 aromatic heterocycles. The first-order valence-electron chi connectivity index (χ1n) is 4.33. The first kappa shape index (κ1) is 8.98. The van der Waals surface area contributed by atoms with Gasteiger partial charge in [-0.1, -0.05) is 6.07 Å². The van der Waals surface area contributed by atoms with Crippen molar-refractivity contribution in [2.24, 2.45) is 0 Å². The Kier molecular flexibility index (Phi) is 2.62. The molecule has 0 N–H and O–H groups in total. The largest absolute Gasteiger partial charge is 0.248 e. The van der Waals surface area contributed by atoms with E-state index in [-0.39, 0.29) is 0 Å². The first-order valence-corrected chi connectivity index (χ1v) is 5.21. The van der Waals surface area contributed by atoms with Crippen molar-refractivity contribution in [1.29, 1.82) is 0 Å². The molecular weight excluding hydrogens is 190 g/mol. The summed E-state index contributed by atoms with van der Waals surface area (Å²) in [6.45, 7) is 2.04. The molecule has 0 unspecified atom stereocenters. The van der Waals surface area contributed by atoms with E-state index in [1.165, 1.54) is 5.56 Å². The lowest BCUT2D eigenvalue weighted by Gasteiger charge is -1.90. The molecule has 0 amide bonds. The Bertz CT molecular complexity index is 475. The van der Waals surface area contributed by atoms with E-state index in [9.17, 15) is 0 Å². The molecule has 2 rings (SSSR count). The van der Waals surface area contributed by atoms with E-state index in [1.54, 1.807) is 17.5 Å². The van der Waals surface area contributed by atoms with Crippen molar-refractivity contribution in [2.75, 3.05) is 0 Å². The minimum absolute atomic E-state index is 0.832. The van der Waals surface area contributed by atoms with Crippen molar-refractivity contribution in [2.45, 2.75) is 6.92 Å². The first-order chi connectivity index (χ1) is 6.84. The lowest BCUT2D eigenvalue weighted by molar-refractivity contribution is 1.25. The van der Waals surface area contributed by atoms with Crippen LogP contribution in [0.5, 0.6) is 0 Å². The fourth-order valence-electron chi connectivity index (χ4n) is 1.08. The zero-order valence-corrected chi connectivity index (χ0v) is 8.64. The zero-order valence-electron chi connectivity index (χ0n) is 7.82. The summed E-state index contributed by atoms with van der Waals surface area (Å²) in [6, 6.07) is 7.96. The average Bonchev–Trinajstić information content (AvgIpc) is 2.67. The minimum Gasteiger partial charge on any atom is -0.248 e. The molecule has 0 aliphatic carbocycles. The Morgan fingerprint density at radius 1 is 1.29 bits per heavy atom. The zero-order chi connectivity index (χ0) is 9.80. The Labute approximate surface area is 87.4 Å². The molecule has 0 aliphatic rings. The number of nitrogens with zero attached hydrogens (tertiary/aromatic N) is 1. The van der Waals surface area contributed by atoms with Crippen molar-refractivity contribution in [3.63, 3.8) is 0 Å². The van der Waals surface area contributed by atoms with Gasteiger partial charge in [-0.3, -0.25) is 0 Å². The average molecular weight is 199 g/mol. The minimum atomic E-state index is 0.832. The lowest BCUT2D eigenvalue weighted by Crippen LogP contribution is -1.81. The Morgan fingerprint density at radius 2 is 2.21 bits per heavy atom. The summed E-state index contributed by atoms with van der Waals surface area (Å²) >= 11 is 1.64. The molecule has 0 atom stereocenters. The van der Waals surface area contributed by atoms with Crippen LogP contribution in [0.2, 0.25) is 0 Å². The molecule has 0 fully saturated rings. The quantitative estimate of drug-likeness (QED) is 0.594. The summed E-state index contributed by atoms with van der Waals surface area (Å²) in [5.74, 6) is 6.11. The molecule has 1 nitrogen and oxygen atoms in total. The summed E-state index contributed by atoms with van der Waals surface area (Å²) in [6.07, 6.45) is 1.79. The van der Waals surface area contributed by atoms with Gasteiger partial charge in [-0.15, -0.1) is 11.3 Å². The molecule has 2 aromatic rings. The lowest BCUT2D eigenvalue weighted by atomic mass is 10.2. The van der Waals surface area contributed by atoms with Gasteiger partial charge in [0, 0.05) is 6.20 Å². The highest BCUT2D eigenvalue weighted by Gasteiger charge is 1.89. The van der Waals surface area contributed by atoms with Gasteiger partial charge in [0.05, 0.1) is 4.88 Å². The van der Waals surface area contributed by atoms with Crippen LogP contribution in [0.15, 0.2) is 35.8 Å². The van der Waals surface area contributed by atoms with Gasteiger partial charge < -0.3 is 0 Å². The molecule has 0 aliphatic heterocycles. The second kappa shape index (κ2) is 4.08. The van der Waals surface area contributed by atoms with E-state index in [0.717, 1.165) is 10.6 Å². The van der Waals surface area contributed by atoms with Gasteiger partial charge in [-0.05, 0) is 47.9 Å². The van der Waals surface area contributed by atoms with Crippen molar-refractivity contribution < 1.29 is 0 Å². The Hall–Kier alpha value is -1.59. The third kappa shape index (κ3) is 2.21. The van der Waals surface area contributed by atoms with E-state index in [2.05, 4.69) is 16.8 Å². The van der Waals surface area contributed by atoms with Crippen molar-refractivity contribution >= 4 is 11.3 Å². The van der Waals surface area contributed by atoms with Crippen LogP contribution in [0.3, 0.4) is 0 Å². The molecule has 68 valence electrons. The highest BCUT2D eigenvalue weighted by atomic mass is 32.1. The van der Waals surface area contributed by atoms with Crippen LogP contribution in [0.4, 0.5) is 0 Å². The van der Waals surface area contributed by atoms with Gasteiger partial charge in [0.25, 0.3) is 0 Å². The van der Waals surface area contributed by atoms with Gasteiger partial charge in [-0.2, -0.15) is 0 Å². The number of aryl methyl sites for hydroxylation is 1. The molecule has 14 heavy (non-hydrogen) atoms. The molecule has 0 radical (unpaired) electrons. The van der Waals surface area contributed by atoms with Gasteiger partial charge in [0.2, 0.25) is 0 Å². The highest BCUT2D eigenvalue weighted by molar-refractivity contribution is 7.10. The fraction of sp³-hybridized carbons (Fsp3) is 0.0833. The van der Waals surface area contributed by atoms with Gasteiger partial charge in [-0.25, -0.2) is 4.98 Å². The van der Waals surface area contributed by atoms with Gasteiger partial charge >= 0.3 is 0 Å². The van der Waals surface area contributed by atoms with Crippen LogP contribution in [0.25, 0.3) is 0 Å². The van der Waals surface area contributed by atoms with Crippen LogP contribution in [-0.4, -0.2) is 4.98 Å². The maximum atomic E-state index is 4.17. The standard InChI is InChI=1S/C12H9NS/c1-10-6-7-13-11(9-10)4-5-12-3-2-8-14-12/h2-3,6-9H,1H3. The van der Waals surface area contributed by atoms with Gasteiger partial charge in [0.15, 0.2) is 0 Å². The number of aromatic nitrogens is 1. The summed E-state index contributed by atoms with van der Waals surface area (Å²) in [7, 11) is 0. The highest BCUT2D eigenvalue weighted by Crippen LogP contribution is 2.06. The number of thiophene rings is 1. The van der Waals surface area contributed by atoms with Crippen molar-refractivity contribution in [1.82, 2.24) is 4.98 Å². The van der Waals surface area contributed by atoms with Crippen LogP contribution in [0, 0.1) is 18.8 Å². The molecule has 0 saturated carbocycles. The van der Waals surface area contributed by atoms with E-state index >= 15 is 0 Å². The molecule has 2 heteroatoms. The monoisotopic (exact) mass is 199 g/mol. The number of rotatable bonds is 0. The molecule has 0 bridgehead atoms. The predicted octanol–water partition coefficient (Wildman–Crippen LogP) is 2.85. The normalized spacial score (nSPS) is 9.21. The van der Waals surface area contributed by atoms with Crippen molar-refractivity contribution in [3.05, 3.63) is 52.0 Å². The van der Waals surface area contributed by atoms with Crippen LogP contribution >= 0.6 is 11.3 Å². The molecule has 0 spiro atoms. The number of pyridine rings is 1. The second-order valence-corrected chi connectivity index (χ2v) is 3.89. The Morgan fingerprint density at radius 3 is 2.93 bits per heavy atom. The number of hydrogen-bond donors (Lipinski definition) is 0. The molecule has 0 aromatic carbocycles. The van der Waals surface area contributed by atoms with E-state index in [0.29, 0.717) is 0 Å².